The molecular weight excluding hydrogens is 286 g/mol. The fraction of sp³-hybridized carbons (Fsp3) is 0.438. The summed E-state index contributed by atoms with van der Waals surface area (Å²) >= 11 is 6.28. The largest absolute Gasteiger partial charge is 0.494 e. The fourth-order valence-corrected chi connectivity index (χ4v) is 2.52. The van der Waals surface area contributed by atoms with Crippen LogP contribution in [0.2, 0.25) is 5.02 Å². The van der Waals surface area contributed by atoms with Crippen LogP contribution >= 0.6 is 11.6 Å². The second-order valence-corrected chi connectivity index (χ2v) is 5.58. The van der Waals surface area contributed by atoms with Crippen molar-refractivity contribution in [2.45, 2.75) is 32.7 Å². The molecule has 114 valence electrons. The van der Waals surface area contributed by atoms with E-state index in [1.165, 1.54) is 0 Å². The number of nitrogens with zero attached hydrogens (tertiary/aromatic N) is 2. The predicted molar refractivity (Wildman–Crippen MR) is 85.8 cm³/mol. The fourth-order valence-electron chi connectivity index (χ4n) is 2.28. The van der Waals surface area contributed by atoms with Crippen molar-refractivity contribution in [3.8, 4) is 5.75 Å². The maximum Gasteiger partial charge on any atom is 0.119 e. The van der Waals surface area contributed by atoms with E-state index in [1.807, 2.05) is 38.2 Å². The Morgan fingerprint density at radius 1 is 1.43 bits per heavy atom. The maximum atomic E-state index is 6.32. The summed E-state index contributed by atoms with van der Waals surface area (Å²) in [6.07, 6.45) is 1.63. The molecule has 0 radical (unpaired) electrons. The van der Waals surface area contributed by atoms with E-state index in [4.69, 9.17) is 22.1 Å². The highest BCUT2D eigenvalue weighted by molar-refractivity contribution is 6.31. The first-order chi connectivity index (χ1) is 10.0. The van der Waals surface area contributed by atoms with Gasteiger partial charge in [-0.25, -0.2) is 0 Å². The Morgan fingerprint density at radius 2 is 2.19 bits per heavy atom. The van der Waals surface area contributed by atoms with Gasteiger partial charge in [-0.05, 0) is 31.0 Å². The number of rotatable bonds is 6. The van der Waals surface area contributed by atoms with E-state index >= 15 is 0 Å². The first-order valence-electron chi connectivity index (χ1n) is 7.19. The molecule has 0 bridgehead atoms. The van der Waals surface area contributed by atoms with Crippen LogP contribution in [-0.2, 0) is 13.5 Å². The van der Waals surface area contributed by atoms with Crippen LogP contribution in [0.3, 0.4) is 0 Å². The quantitative estimate of drug-likeness (QED) is 0.889. The van der Waals surface area contributed by atoms with E-state index in [2.05, 4.69) is 12.0 Å². The predicted octanol–water partition coefficient (Wildman–Crippen LogP) is 3.41. The van der Waals surface area contributed by atoms with Gasteiger partial charge < -0.3 is 10.5 Å². The highest BCUT2D eigenvalue weighted by Gasteiger charge is 2.16. The lowest BCUT2D eigenvalue weighted by atomic mass is 10.0. The molecule has 0 aliphatic carbocycles. The highest BCUT2D eigenvalue weighted by atomic mass is 35.5. The van der Waals surface area contributed by atoms with Crippen molar-refractivity contribution in [1.29, 1.82) is 0 Å². The van der Waals surface area contributed by atoms with Gasteiger partial charge in [-0.1, -0.05) is 30.7 Å². The summed E-state index contributed by atoms with van der Waals surface area (Å²) in [6, 6.07) is 7.80. The Balaban J connectivity index is 2.14. The Hall–Kier alpha value is -1.52. The number of ether oxygens (including phenoxy) is 1. The van der Waals surface area contributed by atoms with Crippen LogP contribution in [0.4, 0.5) is 0 Å². The molecule has 5 heteroatoms. The van der Waals surface area contributed by atoms with Crippen LogP contribution in [0.25, 0.3) is 0 Å². The molecule has 0 amide bonds. The zero-order chi connectivity index (χ0) is 15.4. The van der Waals surface area contributed by atoms with Crippen molar-refractivity contribution < 1.29 is 4.74 Å². The molecule has 0 aliphatic heterocycles. The second-order valence-electron chi connectivity index (χ2n) is 5.20. The summed E-state index contributed by atoms with van der Waals surface area (Å²) in [5.41, 5.74) is 9.15. The number of benzene rings is 1. The van der Waals surface area contributed by atoms with Crippen molar-refractivity contribution in [3.05, 3.63) is 46.2 Å². The Morgan fingerprint density at radius 3 is 2.81 bits per heavy atom. The van der Waals surface area contributed by atoms with Crippen LogP contribution < -0.4 is 10.5 Å². The standard InChI is InChI=1S/C16H22ClN3O/c1-4-8-21-13-7-5-6-12(9-13)14(18)10-15-16(17)11(2)19-20(15)3/h5-7,9,14H,4,8,10,18H2,1-3H3. The minimum Gasteiger partial charge on any atom is -0.494 e. The molecule has 0 saturated carbocycles. The average Bonchev–Trinajstić information content (AvgIpc) is 2.72. The smallest absolute Gasteiger partial charge is 0.119 e. The summed E-state index contributed by atoms with van der Waals surface area (Å²) in [5.74, 6) is 0.858. The third kappa shape index (κ3) is 3.77. The normalized spacial score (nSPS) is 12.4. The van der Waals surface area contributed by atoms with Crippen molar-refractivity contribution >= 4 is 11.6 Å². The van der Waals surface area contributed by atoms with Gasteiger partial charge in [0, 0.05) is 19.5 Å². The third-order valence-corrected chi connectivity index (χ3v) is 3.93. The lowest BCUT2D eigenvalue weighted by Gasteiger charge is -2.14. The van der Waals surface area contributed by atoms with E-state index < -0.39 is 0 Å². The number of halogens is 1. The van der Waals surface area contributed by atoms with Gasteiger partial charge in [-0.15, -0.1) is 0 Å². The Bertz CT molecular complexity index is 610. The topological polar surface area (TPSA) is 53.1 Å². The van der Waals surface area contributed by atoms with Crippen molar-refractivity contribution in [3.63, 3.8) is 0 Å². The molecular formula is C16H22ClN3O. The first kappa shape index (κ1) is 15.9. The van der Waals surface area contributed by atoms with Crippen LogP contribution in [0.5, 0.6) is 5.75 Å². The lowest BCUT2D eigenvalue weighted by molar-refractivity contribution is 0.317. The number of aryl methyl sites for hydroxylation is 2. The van der Waals surface area contributed by atoms with Crippen molar-refractivity contribution in [2.24, 2.45) is 12.8 Å². The van der Waals surface area contributed by atoms with Crippen LogP contribution in [0.1, 0.15) is 36.3 Å². The van der Waals surface area contributed by atoms with Gasteiger partial charge in [0.05, 0.1) is 23.0 Å². The van der Waals surface area contributed by atoms with Crippen LogP contribution in [0.15, 0.2) is 24.3 Å². The van der Waals surface area contributed by atoms with Gasteiger partial charge in [-0.2, -0.15) is 5.10 Å². The molecule has 1 aromatic heterocycles. The van der Waals surface area contributed by atoms with Crippen LogP contribution in [-0.4, -0.2) is 16.4 Å². The molecule has 0 fully saturated rings. The third-order valence-electron chi connectivity index (χ3n) is 3.43. The van der Waals surface area contributed by atoms with E-state index in [0.717, 1.165) is 29.1 Å². The summed E-state index contributed by atoms with van der Waals surface area (Å²) in [7, 11) is 1.89. The van der Waals surface area contributed by atoms with Gasteiger partial charge in [0.25, 0.3) is 0 Å². The monoisotopic (exact) mass is 307 g/mol. The zero-order valence-electron chi connectivity index (χ0n) is 12.8. The second kappa shape index (κ2) is 6.96. The van der Waals surface area contributed by atoms with Gasteiger partial charge in [-0.3, -0.25) is 4.68 Å². The minimum atomic E-state index is -0.137. The Kier molecular flexibility index (Phi) is 5.26. The molecule has 2 rings (SSSR count). The van der Waals surface area contributed by atoms with Crippen LogP contribution in [0, 0.1) is 6.92 Å². The van der Waals surface area contributed by atoms with Crippen molar-refractivity contribution in [1.82, 2.24) is 9.78 Å². The number of hydrogen-bond acceptors (Lipinski definition) is 3. The number of aromatic nitrogens is 2. The molecule has 1 unspecified atom stereocenters. The summed E-state index contributed by atoms with van der Waals surface area (Å²) in [4.78, 5) is 0. The molecule has 0 aliphatic rings. The summed E-state index contributed by atoms with van der Waals surface area (Å²) in [5, 5.41) is 5.02. The molecule has 1 atom stereocenters. The SMILES string of the molecule is CCCOc1cccc(C(N)Cc2c(Cl)c(C)nn2C)c1. The van der Waals surface area contributed by atoms with Gasteiger partial charge in [0.1, 0.15) is 5.75 Å². The molecule has 0 saturated heterocycles. The minimum absolute atomic E-state index is 0.137. The summed E-state index contributed by atoms with van der Waals surface area (Å²) in [6.45, 7) is 4.70. The molecule has 1 aromatic carbocycles. The molecule has 2 aromatic rings. The first-order valence-corrected chi connectivity index (χ1v) is 7.57. The lowest BCUT2D eigenvalue weighted by Crippen LogP contribution is -2.15. The van der Waals surface area contributed by atoms with Gasteiger partial charge in [0.15, 0.2) is 0 Å². The van der Waals surface area contributed by atoms with E-state index in [-0.39, 0.29) is 6.04 Å². The maximum absolute atomic E-state index is 6.32. The van der Waals surface area contributed by atoms with Crippen molar-refractivity contribution in [2.75, 3.05) is 6.61 Å². The Labute approximate surface area is 130 Å². The van der Waals surface area contributed by atoms with Gasteiger partial charge >= 0.3 is 0 Å². The van der Waals surface area contributed by atoms with E-state index in [9.17, 15) is 0 Å². The zero-order valence-corrected chi connectivity index (χ0v) is 13.5. The highest BCUT2D eigenvalue weighted by Crippen LogP contribution is 2.26. The number of nitrogens with two attached hydrogens (primary N) is 1. The molecule has 0 spiro atoms. The molecule has 1 heterocycles. The van der Waals surface area contributed by atoms with Gasteiger partial charge in [0.2, 0.25) is 0 Å². The number of hydrogen-bond donors (Lipinski definition) is 1. The molecule has 2 N–H and O–H groups in total. The van der Waals surface area contributed by atoms with E-state index in [0.29, 0.717) is 18.1 Å². The molecule has 4 nitrogen and oxygen atoms in total. The van der Waals surface area contributed by atoms with E-state index in [1.54, 1.807) is 4.68 Å². The summed E-state index contributed by atoms with van der Waals surface area (Å²) < 4.78 is 7.45. The molecule has 21 heavy (non-hydrogen) atoms. The average molecular weight is 308 g/mol.